The van der Waals surface area contributed by atoms with Gasteiger partial charge in [-0.2, -0.15) is 0 Å². The van der Waals surface area contributed by atoms with Crippen molar-refractivity contribution in [2.24, 2.45) is 5.73 Å². The van der Waals surface area contributed by atoms with Gasteiger partial charge in [-0.15, -0.1) is 0 Å². The lowest BCUT2D eigenvalue weighted by atomic mass is 9.99. The van der Waals surface area contributed by atoms with E-state index in [0.29, 0.717) is 6.42 Å². The third-order valence-corrected chi connectivity index (χ3v) is 3.31. The van der Waals surface area contributed by atoms with E-state index in [4.69, 9.17) is 10.5 Å². The number of ether oxygens (including phenoxy) is 2. The molecule has 2 aromatic carbocycles. The Bertz CT molecular complexity index is 608. The first-order chi connectivity index (χ1) is 10.1. The maximum atomic E-state index is 11.4. The van der Waals surface area contributed by atoms with Gasteiger partial charge in [0.2, 0.25) is 0 Å². The van der Waals surface area contributed by atoms with Crippen molar-refractivity contribution in [3.63, 3.8) is 0 Å². The highest BCUT2D eigenvalue weighted by Gasteiger charge is 2.14. The number of methoxy groups -OCH3 is 2. The number of hydrogen-bond donors (Lipinski definition) is 1. The molecule has 0 spiro atoms. The lowest BCUT2D eigenvalue weighted by Gasteiger charge is -2.10. The molecule has 0 aliphatic heterocycles. The van der Waals surface area contributed by atoms with Gasteiger partial charge in [-0.05, 0) is 35.2 Å². The van der Waals surface area contributed by atoms with E-state index in [9.17, 15) is 4.79 Å². The van der Waals surface area contributed by atoms with Crippen LogP contribution in [0.25, 0.3) is 11.1 Å². The number of carbonyl (C=O) groups is 1. The molecule has 0 heterocycles. The highest BCUT2D eigenvalue weighted by molar-refractivity contribution is 5.76. The molecule has 21 heavy (non-hydrogen) atoms. The van der Waals surface area contributed by atoms with Crippen molar-refractivity contribution in [1.82, 2.24) is 0 Å². The zero-order chi connectivity index (χ0) is 15.2. The van der Waals surface area contributed by atoms with Crippen molar-refractivity contribution in [3.8, 4) is 16.9 Å². The van der Waals surface area contributed by atoms with E-state index in [-0.39, 0.29) is 0 Å². The van der Waals surface area contributed by atoms with Gasteiger partial charge in [0, 0.05) is 0 Å². The van der Waals surface area contributed by atoms with Crippen molar-refractivity contribution in [1.29, 1.82) is 0 Å². The fourth-order valence-corrected chi connectivity index (χ4v) is 2.15. The molecular formula is C17H19NO3. The van der Waals surface area contributed by atoms with E-state index in [2.05, 4.69) is 4.74 Å². The summed E-state index contributed by atoms with van der Waals surface area (Å²) in [6.07, 6.45) is 0.455. The van der Waals surface area contributed by atoms with Crippen LogP contribution in [0.1, 0.15) is 5.56 Å². The van der Waals surface area contributed by atoms with Crippen molar-refractivity contribution < 1.29 is 14.3 Å². The summed E-state index contributed by atoms with van der Waals surface area (Å²) in [4.78, 5) is 11.4. The molecule has 0 saturated heterocycles. The third-order valence-electron chi connectivity index (χ3n) is 3.31. The van der Waals surface area contributed by atoms with Crippen LogP contribution in [0.4, 0.5) is 0 Å². The van der Waals surface area contributed by atoms with Gasteiger partial charge in [0.1, 0.15) is 11.8 Å². The number of benzene rings is 2. The van der Waals surface area contributed by atoms with E-state index in [1.54, 1.807) is 7.11 Å². The van der Waals surface area contributed by atoms with Gasteiger partial charge in [-0.1, -0.05) is 36.4 Å². The second kappa shape index (κ2) is 6.90. The molecule has 1 atom stereocenters. The Morgan fingerprint density at radius 2 is 1.81 bits per heavy atom. The average molecular weight is 285 g/mol. The molecule has 0 aliphatic carbocycles. The Balaban J connectivity index is 2.18. The number of rotatable bonds is 5. The minimum Gasteiger partial charge on any atom is -0.497 e. The molecule has 1 unspecified atom stereocenters. The fourth-order valence-electron chi connectivity index (χ4n) is 2.15. The molecule has 0 amide bonds. The number of carbonyl (C=O) groups excluding carboxylic acids is 1. The van der Waals surface area contributed by atoms with E-state index < -0.39 is 12.0 Å². The van der Waals surface area contributed by atoms with Crippen LogP contribution in [0.15, 0.2) is 48.5 Å². The zero-order valence-corrected chi connectivity index (χ0v) is 12.2. The first kappa shape index (κ1) is 15.1. The molecule has 110 valence electrons. The first-order valence-corrected chi connectivity index (χ1v) is 6.71. The molecule has 2 rings (SSSR count). The van der Waals surface area contributed by atoms with E-state index in [1.165, 1.54) is 7.11 Å². The Labute approximate surface area is 124 Å². The van der Waals surface area contributed by atoms with Crippen LogP contribution in [0.3, 0.4) is 0 Å². The van der Waals surface area contributed by atoms with Crippen LogP contribution < -0.4 is 10.5 Å². The maximum absolute atomic E-state index is 11.4. The largest absolute Gasteiger partial charge is 0.497 e. The molecule has 0 aliphatic rings. The van der Waals surface area contributed by atoms with Crippen LogP contribution in [-0.4, -0.2) is 26.2 Å². The number of esters is 1. The van der Waals surface area contributed by atoms with E-state index in [1.807, 2.05) is 48.5 Å². The number of hydrogen-bond acceptors (Lipinski definition) is 4. The second-order valence-corrected chi connectivity index (χ2v) is 4.76. The van der Waals surface area contributed by atoms with Gasteiger partial charge < -0.3 is 15.2 Å². The summed E-state index contributed by atoms with van der Waals surface area (Å²) < 4.78 is 9.80. The quantitative estimate of drug-likeness (QED) is 0.857. The maximum Gasteiger partial charge on any atom is 0.322 e. The summed E-state index contributed by atoms with van der Waals surface area (Å²) >= 11 is 0. The molecule has 0 radical (unpaired) electrons. The van der Waals surface area contributed by atoms with Crippen molar-refractivity contribution >= 4 is 5.97 Å². The summed E-state index contributed by atoms with van der Waals surface area (Å²) in [5, 5.41) is 0. The molecule has 0 aromatic heterocycles. The van der Waals surface area contributed by atoms with Crippen molar-refractivity contribution in [3.05, 3.63) is 54.1 Å². The Morgan fingerprint density at radius 3 is 2.43 bits per heavy atom. The standard InChI is InChI=1S/C17H19NO3/c1-20-15-8-6-13(7-9-15)14-5-3-4-12(10-14)11-16(18)17(19)21-2/h3-10,16H,11,18H2,1-2H3. The van der Waals surface area contributed by atoms with Gasteiger partial charge in [-0.3, -0.25) is 4.79 Å². The lowest BCUT2D eigenvalue weighted by Crippen LogP contribution is -2.33. The molecular weight excluding hydrogens is 266 g/mol. The second-order valence-electron chi connectivity index (χ2n) is 4.76. The summed E-state index contributed by atoms with van der Waals surface area (Å²) in [6, 6.07) is 15.2. The minimum atomic E-state index is -0.638. The van der Waals surface area contributed by atoms with Crippen LogP contribution in [-0.2, 0) is 16.0 Å². The van der Waals surface area contributed by atoms with E-state index >= 15 is 0 Å². The van der Waals surface area contributed by atoms with Gasteiger partial charge in [0.25, 0.3) is 0 Å². The summed E-state index contributed by atoms with van der Waals surface area (Å²) in [7, 11) is 2.99. The Kier molecular flexibility index (Phi) is 4.95. The molecule has 0 fully saturated rings. The predicted molar refractivity (Wildman–Crippen MR) is 82.1 cm³/mol. The average Bonchev–Trinajstić information content (AvgIpc) is 2.54. The van der Waals surface area contributed by atoms with Crippen LogP contribution in [0.5, 0.6) is 5.75 Å². The highest BCUT2D eigenvalue weighted by atomic mass is 16.5. The topological polar surface area (TPSA) is 61.5 Å². The fraction of sp³-hybridized carbons (Fsp3) is 0.235. The summed E-state index contributed by atoms with van der Waals surface area (Å²) in [5.74, 6) is 0.424. The third kappa shape index (κ3) is 3.83. The van der Waals surface area contributed by atoms with Crippen LogP contribution >= 0.6 is 0 Å². The lowest BCUT2D eigenvalue weighted by molar-refractivity contribution is -0.142. The monoisotopic (exact) mass is 285 g/mol. The minimum absolute atomic E-state index is 0.398. The predicted octanol–water partition coefficient (Wildman–Crippen LogP) is 2.41. The smallest absolute Gasteiger partial charge is 0.322 e. The van der Waals surface area contributed by atoms with Gasteiger partial charge in [0.05, 0.1) is 14.2 Å². The summed E-state index contributed by atoms with van der Waals surface area (Å²) in [6.45, 7) is 0. The zero-order valence-electron chi connectivity index (χ0n) is 12.2. The molecule has 4 heteroatoms. The molecule has 4 nitrogen and oxygen atoms in total. The normalized spacial score (nSPS) is 11.8. The molecule has 0 bridgehead atoms. The van der Waals surface area contributed by atoms with Crippen LogP contribution in [0.2, 0.25) is 0 Å². The van der Waals surface area contributed by atoms with Crippen LogP contribution in [0, 0.1) is 0 Å². The van der Waals surface area contributed by atoms with Gasteiger partial charge in [-0.25, -0.2) is 0 Å². The first-order valence-electron chi connectivity index (χ1n) is 6.71. The number of nitrogens with two attached hydrogens (primary N) is 1. The summed E-state index contributed by atoms with van der Waals surface area (Å²) in [5.41, 5.74) is 8.96. The van der Waals surface area contributed by atoms with E-state index in [0.717, 1.165) is 22.4 Å². The SMILES string of the molecule is COC(=O)C(N)Cc1cccc(-c2ccc(OC)cc2)c1. The van der Waals surface area contributed by atoms with Crippen molar-refractivity contribution in [2.45, 2.75) is 12.5 Å². The molecule has 2 aromatic rings. The van der Waals surface area contributed by atoms with Gasteiger partial charge >= 0.3 is 5.97 Å². The molecule has 0 saturated carbocycles. The Morgan fingerprint density at radius 1 is 1.10 bits per heavy atom. The Hall–Kier alpha value is -2.33. The van der Waals surface area contributed by atoms with Gasteiger partial charge in [0.15, 0.2) is 0 Å². The van der Waals surface area contributed by atoms with Crippen molar-refractivity contribution in [2.75, 3.05) is 14.2 Å². The molecule has 2 N–H and O–H groups in total. The highest BCUT2D eigenvalue weighted by Crippen LogP contribution is 2.23.